The predicted octanol–water partition coefficient (Wildman–Crippen LogP) is 2.13. The van der Waals surface area contributed by atoms with Crippen LogP contribution in [0.2, 0.25) is 0 Å². The van der Waals surface area contributed by atoms with Crippen LogP contribution in [0, 0.1) is 5.92 Å². The van der Waals surface area contributed by atoms with Crippen molar-refractivity contribution in [1.29, 1.82) is 0 Å². The van der Waals surface area contributed by atoms with Gasteiger partial charge < -0.3 is 0 Å². The first-order valence-corrected chi connectivity index (χ1v) is 5.17. The molecule has 0 radical (unpaired) electrons. The molecule has 1 heterocycles. The summed E-state index contributed by atoms with van der Waals surface area (Å²) in [7, 11) is 0. The first-order chi connectivity index (χ1) is 5.36. The van der Waals surface area contributed by atoms with Crippen molar-refractivity contribution in [2.24, 2.45) is 5.92 Å². The van der Waals surface area contributed by atoms with E-state index in [1.165, 1.54) is 23.3 Å². The summed E-state index contributed by atoms with van der Waals surface area (Å²) in [5.74, 6) is 1.16. The van der Waals surface area contributed by atoms with E-state index in [1.807, 2.05) is 11.8 Å². The Bertz CT molecular complexity index is 267. The fourth-order valence-electron chi connectivity index (χ4n) is 2.16. The lowest BCUT2D eigenvalue weighted by Gasteiger charge is -2.13. The van der Waals surface area contributed by atoms with E-state index in [4.69, 9.17) is 0 Å². The molecule has 0 spiro atoms. The van der Waals surface area contributed by atoms with Crippen LogP contribution in [-0.2, 0) is 4.79 Å². The third kappa shape index (κ3) is 0.763. The van der Waals surface area contributed by atoms with Crippen molar-refractivity contribution in [2.75, 3.05) is 0 Å². The Kier molecular flexibility index (Phi) is 1.10. The summed E-state index contributed by atoms with van der Waals surface area (Å²) in [6.07, 6.45) is 4.40. The van der Waals surface area contributed by atoms with Crippen molar-refractivity contribution in [2.45, 2.75) is 30.9 Å². The molecule has 11 heavy (non-hydrogen) atoms. The molecule has 2 atom stereocenters. The zero-order chi connectivity index (χ0) is 7.42. The number of hydrogen-bond donors (Lipinski definition) is 0. The minimum absolute atomic E-state index is 0.462. The fourth-order valence-corrected chi connectivity index (χ4v) is 3.78. The number of ketones is 1. The molecule has 2 aliphatic carbocycles. The van der Waals surface area contributed by atoms with Gasteiger partial charge >= 0.3 is 0 Å². The predicted molar refractivity (Wildman–Crippen MR) is 45.4 cm³/mol. The number of allylic oxidation sites excluding steroid dienone is 2. The highest BCUT2D eigenvalue weighted by atomic mass is 32.2. The van der Waals surface area contributed by atoms with Crippen molar-refractivity contribution in [3.8, 4) is 0 Å². The van der Waals surface area contributed by atoms with Crippen LogP contribution in [0.4, 0.5) is 0 Å². The van der Waals surface area contributed by atoms with Gasteiger partial charge in [0.1, 0.15) is 0 Å². The van der Waals surface area contributed by atoms with Gasteiger partial charge in [-0.2, -0.15) is 0 Å². The summed E-state index contributed by atoms with van der Waals surface area (Å²) >= 11 is 1.99. The number of Topliss-reactive ketones (excluding diaryl/α,β-unsaturated/α-hetero) is 1. The smallest absolute Gasteiger partial charge is 0.159 e. The molecule has 0 aromatic rings. The van der Waals surface area contributed by atoms with Gasteiger partial charge in [-0.3, -0.25) is 4.79 Å². The SMILES string of the molecule is O=C1CCCC2=C1C1CC1S2. The molecule has 0 bridgehead atoms. The first kappa shape index (κ1) is 6.30. The highest BCUT2D eigenvalue weighted by molar-refractivity contribution is 8.04. The minimum Gasteiger partial charge on any atom is -0.295 e. The highest BCUT2D eigenvalue weighted by Gasteiger charge is 2.50. The van der Waals surface area contributed by atoms with E-state index in [0.717, 1.165) is 18.1 Å². The van der Waals surface area contributed by atoms with Gasteiger partial charge in [-0.05, 0) is 24.2 Å². The summed E-state index contributed by atoms with van der Waals surface area (Å²) in [4.78, 5) is 12.9. The second-order valence-corrected chi connectivity index (χ2v) is 4.95. The maximum atomic E-state index is 11.4. The second-order valence-electron chi connectivity index (χ2n) is 3.61. The van der Waals surface area contributed by atoms with Crippen molar-refractivity contribution in [3.05, 3.63) is 10.5 Å². The number of carbonyl (C=O) groups is 1. The maximum Gasteiger partial charge on any atom is 0.159 e. The molecule has 0 aromatic heterocycles. The summed E-state index contributed by atoms with van der Waals surface area (Å²) in [5, 5.41) is 0.821. The maximum absolute atomic E-state index is 11.4. The number of fused-ring (bicyclic) bond motifs is 2. The minimum atomic E-state index is 0.462. The third-order valence-electron chi connectivity index (χ3n) is 2.80. The first-order valence-electron chi connectivity index (χ1n) is 4.29. The van der Waals surface area contributed by atoms with E-state index in [9.17, 15) is 4.79 Å². The molecule has 0 amide bonds. The summed E-state index contributed by atoms with van der Waals surface area (Å²) in [6, 6.07) is 0. The summed E-state index contributed by atoms with van der Waals surface area (Å²) in [6.45, 7) is 0. The quantitative estimate of drug-likeness (QED) is 0.548. The van der Waals surface area contributed by atoms with Crippen molar-refractivity contribution >= 4 is 17.5 Å². The summed E-state index contributed by atoms with van der Waals surface area (Å²) < 4.78 is 0. The van der Waals surface area contributed by atoms with E-state index in [2.05, 4.69) is 0 Å². The van der Waals surface area contributed by atoms with Gasteiger partial charge in [-0.1, -0.05) is 0 Å². The lowest BCUT2D eigenvalue weighted by molar-refractivity contribution is -0.116. The Labute approximate surface area is 70.2 Å². The van der Waals surface area contributed by atoms with Crippen LogP contribution >= 0.6 is 11.8 Å². The van der Waals surface area contributed by atoms with Crippen molar-refractivity contribution in [1.82, 2.24) is 0 Å². The fraction of sp³-hybridized carbons (Fsp3) is 0.667. The zero-order valence-corrected chi connectivity index (χ0v) is 7.12. The Morgan fingerprint density at radius 1 is 1.36 bits per heavy atom. The lowest BCUT2D eigenvalue weighted by Crippen LogP contribution is -2.09. The zero-order valence-electron chi connectivity index (χ0n) is 6.30. The van der Waals surface area contributed by atoms with Gasteiger partial charge in [0.15, 0.2) is 5.78 Å². The molecule has 2 unspecified atom stereocenters. The van der Waals surface area contributed by atoms with Crippen LogP contribution in [-0.4, -0.2) is 11.0 Å². The molecule has 3 rings (SSSR count). The molecule has 58 valence electrons. The normalized spacial score (nSPS) is 40.5. The number of hydrogen-bond acceptors (Lipinski definition) is 2. The molecular weight excluding hydrogens is 156 g/mol. The number of rotatable bonds is 0. The summed E-state index contributed by atoms with van der Waals surface area (Å²) in [5.41, 5.74) is 1.24. The van der Waals surface area contributed by atoms with E-state index in [-0.39, 0.29) is 0 Å². The van der Waals surface area contributed by atoms with Gasteiger partial charge in [0, 0.05) is 23.2 Å². The van der Waals surface area contributed by atoms with Crippen molar-refractivity contribution in [3.63, 3.8) is 0 Å². The van der Waals surface area contributed by atoms with Gasteiger partial charge in [-0.15, -0.1) is 11.8 Å². The average molecular weight is 166 g/mol. The molecule has 1 nitrogen and oxygen atoms in total. The molecule has 1 saturated carbocycles. The molecule has 1 aliphatic heterocycles. The number of thioether (sulfide) groups is 1. The van der Waals surface area contributed by atoms with E-state index < -0.39 is 0 Å². The van der Waals surface area contributed by atoms with E-state index >= 15 is 0 Å². The Hall–Kier alpha value is -0.240. The highest BCUT2D eigenvalue weighted by Crippen LogP contribution is 2.59. The molecule has 2 heteroatoms. The largest absolute Gasteiger partial charge is 0.295 e. The topological polar surface area (TPSA) is 17.1 Å². The molecule has 0 saturated heterocycles. The molecule has 0 aromatic carbocycles. The van der Waals surface area contributed by atoms with Crippen LogP contribution in [0.5, 0.6) is 0 Å². The van der Waals surface area contributed by atoms with Crippen LogP contribution in [0.1, 0.15) is 25.7 Å². The third-order valence-corrected chi connectivity index (χ3v) is 4.34. The van der Waals surface area contributed by atoms with Gasteiger partial charge in [0.25, 0.3) is 0 Å². The van der Waals surface area contributed by atoms with Crippen LogP contribution in [0.3, 0.4) is 0 Å². The van der Waals surface area contributed by atoms with Crippen LogP contribution in [0.15, 0.2) is 10.5 Å². The number of carbonyl (C=O) groups excluding carboxylic acids is 1. The Morgan fingerprint density at radius 3 is 3.09 bits per heavy atom. The van der Waals surface area contributed by atoms with E-state index in [0.29, 0.717) is 11.7 Å². The average Bonchev–Trinajstić information content (AvgIpc) is 2.62. The molecular formula is C9H10OS. The molecule has 1 fully saturated rings. The molecule has 3 aliphatic rings. The monoisotopic (exact) mass is 166 g/mol. The van der Waals surface area contributed by atoms with Crippen LogP contribution < -0.4 is 0 Å². The Morgan fingerprint density at radius 2 is 2.27 bits per heavy atom. The lowest BCUT2D eigenvalue weighted by atomic mass is 9.95. The van der Waals surface area contributed by atoms with Crippen molar-refractivity contribution < 1.29 is 4.79 Å². The second kappa shape index (κ2) is 1.92. The van der Waals surface area contributed by atoms with E-state index in [1.54, 1.807) is 0 Å². The standard InChI is InChI=1S/C9H10OS/c10-6-2-1-3-7-9(6)5-4-8(5)11-7/h5,8H,1-4H2. The van der Waals surface area contributed by atoms with Gasteiger partial charge in [0.2, 0.25) is 0 Å². The Balaban J connectivity index is 2.04. The van der Waals surface area contributed by atoms with Gasteiger partial charge in [0.05, 0.1) is 0 Å². The van der Waals surface area contributed by atoms with Crippen LogP contribution in [0.25, 0.3) is 0 Å². The molecule has 0 N–H and O–H groups in total. The van der Waals surface area contributed by atoms with Gasteiger partial charge in [-0.25, -0.2) is 0 Å².